The second-order valence-electron chi connectivity index (χ2n) is 6.79. The highest BCUT2D eigenvalue weighted by molar-refractivity contribution is 5.85. The highest BCUT2D eigenvalue weighted by Crippen LogP contribution is 2.20. The van der Waals surface area contributed by atoms with Crippen LogP contribution in [0.4, 0.5) is 8.78 Å². The van der Waals surface area contributed by atoms with Crippen LogP contribution in [0.25, 0.3) is 11.3 Å². The highest BCUT2D eigenvalue weighted by Gasteiger charge is 2.15. The summed E-state index contributed by atoms with van der Waals surface area (Å²) in [7, 11) is 0. The molecule has 0 amide bonds. The van der Waals surface area contributed by atoms with Crippen molar-refractivity contribution >= 4 is 12.4 Å². The van der Waals surface area contributed by atoms with E-state index in [-0.39, 0.29) is 43.6 Å². The molecule has 28 heavy (non-hydrogen) atoms. The van der Waals surface area contributed by atoms with Gasteiger partial charge in [-0.15, -0.1) is 12.4 Å². The zero-order valence-electron chi connectivity index (χ0n) is 15.9. The standard InChI is InChI=1S/C19H25F2N3O3.ClH/c1-13(2)11-24-19(27)15(12-23(5-7-25)6-8-26)10-18(22-24)14-3-4-16(20)17(21)9-14;/h3-4,9-10,13,25-26H,5-8,11-12H2,1-2H3;1H. The van der Waals surface area contributed by atoms with Gasteiger partial charge in [-0.3, -0.25) is 9.69 Å². The van der Waals surface area contributed by atoms with Crippen LogP contribution in [-0.4, -0.2) is 51.2 Å². The van der Waals surface area contributed by atoms with E-state index in [1.807, 2.05) is 13.8 Å². The first-order chi connectivity index (χ1) is 12.8. The summed E-state index contributed by atoms with van der Waals surface area (Å²) in [6.45, 7) is 4.85. The van der Waals surface area contributed by atoms with Gasteiger partial charge < -0.3 is 10.2 Å². The van der Waals surface area contributed by atoms with Gasteiger partial charge in [-0.25, -0.2) is 13.5 Å². The van der Waals surface area contributed by atoms with Gasteiger partial charge in [-0.2, -0.15) is 5.10 Å². The molecule has 0 spiro atoms. The molecule has 2 aromatic rings. The van der Waals surface area contributed by atoms with Crippen LogP contribution in [0.5, 0.6) is 0 Å². The molecule has 1 heterocycles. The lowest BCUT2D eigenvalue weighted by atomic mass is 10.1. The Bertz CT molecular complexity index is 825. The Morgan fingerprint density at radius 3 is 2.29 bits per heavy atom. The van der Waals surface area contributed by atoms with E-state index in [1.165, 1.54) is 10.7 Å². The topological polar surface area (TPSA) is 78.6 Å². The summed E-state index contributed by atoms with van der Waals surface area (Å²) in [5.41, 5.74) is 0.851. The number of hydrogen-bond acceptors (Lipinski definition) is 5. The molecule has 0 saturated heterocycles. The molecule has 0 aliphatic heterocycles. The molecule has 0 atom stereocenters. The monoisotopic (exact) mass is 417 g/mol. The zero-order valence-corrected chi connectivity index (χ0v) is 16.8. The third kappa shape index (κ3) is 6.34. The Labute approximate surface area is 168 Å². The average Bonchev–Trinajstić information content (AvgIpc) is 2.60. The molecule has 9 heteroatoms. The van der Waals surface area contributed by atoms with E-state index in [1.54, 1.807) is 11.0 Å². The smallest absolute Gasteiger partial charge is 0.271 e. The fourth-order valence-electron chi connectivity index (χ4n) is 2.77. The highest BCUT2D eigenvalue weighted by atomic mass is 35.5. The largest absolute Gasteiger partial charge is 0.395 e. The second kappa shape index (κ2) is 11.2. The van der Waals surface area contributed by atoms with Crippen LogP contribution in [0, 0.1) is 17.6 Å². The number of aliphatic hydroxyl groups excluding tert-OH is 2. The maximum Gasteiger partial charge on any atom is 0.271 e. The van der Waals surface area contributed by atoms with E-state index in [0.29, 0.717) is 36.5 Å². The molecule has 0 fully saturated rings. The minimum absolute atomic E-state index is 0. The Morgan fingerprint density at radius 2 is 1.75 bits per heavy atom. The van der Waals surface area contributed by atoms with Crippen molar-refractivity contribution in [2.24, 2.45) is 5.92 Å². The average molecular weight is 418 g/mol. The van der Waals surface area contributed by atoms with Gasteiger partial charge in [0, 0.05) is 37.3 Å². The molecule has 2 rings (SSSR count). The first kappa shape index (κ1) is 24.2. The molecule has 0 bridgehead atoms. The fourth-order valence-corrected chi connectivity index (χ4v) is 2.77. The van der Waals surface area contributed by atoms with Gasteiger partial charge in [-0.1, -0.05) is 13.8 Å². The Morgan fingerprint density at radius 1 is 1.11 bits per heavy atom. The Kier molecular flexibility index (Phi) is 9.68. The zero-order chi connectivity index (χ0) is 20.0. The van der Waals surface area contributed by atoms with Crippen LogP contribution in [0.15, 0.2) is 29.1 Å². The SMILES string of the molecule is CC(C)Cn1nc(-c2ccc(F)c(F)c2)cc(CN(CCO)CCO)c1=O.Cl. The first-order valence-electron chi connectivity index (χ1n) is 8.86. The molecule has 1 aromatic carbocycles. The lowest BCUT2D eigenvalue weighted by molar-refractivity contribution is 0.155. The molecule has 6 nitrogen and oxygen atoms in total. The lowest BCUT2D eigenvalue weighted by Gasteiger charge is -2.21. The third-order valence-electron chi connectivity index (χ3n) is 4.03. The van der Waals surface area contributed by atoms with Crippen molar-refractivity contribution in [3.8, 4) is 11.3 Å². The van der Waals surface area contributed by atoms with Gasteiger partial charge in [-0.05, 0) is 30.2 Å². The van der Waals surface area contributed by atoms with E-state index in [4.69, 9.17) is 0 Å². The van der Waals surface area contributed by atoms with Crippen molar-refractivity contribution in [3.63, 3.8) is 0 Å². The van der Waals surface area contributed by atoms with Crippen molar-refractivity contribution in [2.45, 2.75) is 26.9 Å². The first-order valence-corrected chi connectivity index (χ1v) is 8.86. The van der Waals surface area contributed by atoms with E-state index in [0.717, 1.165) is 12.1 Å². The normalized spacial score (nSPS) is 11.1. The number of nitrogens with zero attached hydrogens (tertiary/aromatic N) is 3. The molecule has 0 radical (unpaired) electrons. The van der Waals surface area contributed by atoms with E-state index in [9.17, 15) is 23.8 Å². The Balaban J connectivity index is 0.00000392. The van der Waals surface area contributed by atoms with Crippen LogP contribution in [0.2, 0.25) is 0 Å². The van der Waals surface area contributed by atoms with Crippen LogP contribution < -0.4 is 5.56 Å². The Hall–Kier alpha value is -1.87. The van der Waals surface area contributed by atoms with Crippen LogP contribution >= 0.6 is 12.4 Å². The number of hydrogen-bond donors (Lipinski definition) is 2. The van der Waals surface area contributed by atoms with E-state index >= 15 is 0 Å². The number of aliphatic hydroxyl groups is 2. The summed E-state index contributed by atoms with van der Waals surface area (Å²) < 4.78 is 28.2. The third-order valence-corrected chi connectivity index (χ3v) is 4.03. The van der Waals surface area contributed by atoms with Gasteiger partial charge in [0.2, 0.25) is 0 Å². The van der Waals surface area contributed by atoms with Crippen LogP contribution in [-0.2, 0) is 13.1 Å². The van der Waals surface area contributed by atoms with Crippen molar-refractivity contribution < 1.29 is 19.0 Å². The summed E-state index contributed by atoms with van der Waals surface area (Å²) in [5, 5.41) is 22.7. The van der Waals surface area contributed by atoms with Gasteiger partial charge in [0.05, 0.1) is 18.9 Å². The molecule has 0 aliphatic carbocycles. The molecular formula is C19H26ClF2N3O3. The van der Waals surface area contributed by atoms with Crippen molar-refractivity contribution in [2.75, 3.05) is 26.3 Å². The molecule has 156 valence electrons. The van der Waals surface area contributed by atoms with Crippen LogP contribution in [0.3, 0.4) is 0 Å². The lowest BCUT2D eigenvalue weighted by Crippen LogP contribution is -2.35. The van der Waals surface area contributed by atoms with Crippen molar-refractivity contribution in [1.82, 2.24) is 14.7 Å². The summed E-state index contributed by atoms with van der Waals surface area (Å²) >= 11 is 0. The van der Waals surface area contributed by atoms with Gasteiger partial charge in [0.25, 0.3) is 5.56 Å². The molecule has 0 saturated carbocycles. The minimum Gasteiger partial charge on any atom is -0.395 e. The number of benzene rings is 1. The maximum absolute atomic E-state index is 13.6. The summed E-state index contributed by atoms with van der Waals surface area (Å²) in [4.78, 5) is 14.5. The number of aromatic nitrogens is 2. The predicted octanol–water partition coefficient (Wildman–Crippen LogP) is 2.05. The quantitative estimate of drug-likeness (QED) is 0.653. The van der Waals surface area contributed by atoms with Crippen molar-refractivity contribution in [1.29, 1.82) is 0 Å². The maximum atomic E-state index is 13.6. The molecule has 0 aliphatic rings. The fraction of sp³-hybridized carbons (Fsp3) is 0.474. The molecular weight excluding hydrogens is 392 g/mol. The summed E-state index contributed by atoms with van der Waals surface area (Å²) in [6.07, 6.45) is 0. The van der Waals surface area contributed by atoms with Gasteiger partial charge in [0.15, 0.2) is 11.6 Å². The van der Waals surface area contributed by atoms with E-state index < -0.39 is 11.6 Å². The van der Waals surface area contributed by atoms with Gasteiger partial charge in [0.1, 0.15) is 0 Å². The number of halogens is 3. The van der Waals surface area contributed by atoms with Gasteiger partial charge >= 0.3 is 0 Å². The predicted molar refractivity (Wildman–Crippen MR) is 105 cm³/mol. The van der Waals surface area contributed by atoms with Crippen LogP contribution in [0.1, 0.15) is 19.4 Å². The molecule has 2 N–H and O–H groups in total. The van der Waals surface area contributed by atoms with E-state index in [2.05, 4.69) is 5.10 Å². The molecule has 0 unspecified atom stereocenters. The van der Waals surface area contributed by atoms with Crippen molar-refractivity contribution in [3.05, 3.63) is 51.8 Å². The summed E-state index contributed by atoms with van der Waals surface area (Å²) in [6, 6.07) is 5.03. The number of rotatable bonds is 9. The second-order valence-corrected chi connectivity index (χ2v) is 6.79. The minimum atomic E-state index is -0.986. The summed E-state index contributed by atoms with van der Waals surface area (Å²) in [5.74, 6) is -1.78. The molecule has 1 aromatic heterocycles.